The Balaban J connectivity index is 3.52. The van der Waals surface area contributed by atoms with Crippen LogP contribution in [0.25, 0.3) is 0 Å². The average molecular weight is 159 g/mol. The van der Waals surface area contributed by atoms with Crippen LogP contribution in [0.2, 0.25) is 0 Å². The van der Waals surface area contributed by atoms with Crippen LogP contribution in [0.5, 0.6) is 0 Å². The Bertz CT molecular complexity index is 90.1. The molecule has 0 saturated heterocycles. The van der Waals surface area contributed by atoms with Crippen molar-refractivity contribution in [3.05, 3.63) is 0 Å². The van der Waals surface area contributed by atoms with Crippen molar-refractivity contribution >= 4 is 0 Å². The van der Waals surface area contributed by atoms with E-state index in [1.54, 1.807) is 0 Å². The Morgan fingerprint density at radius 3 is 2.10 bits per heavy atom. The van der Waals surface area contributed by atoms with Gasteiger partial charge in [0.2, 0.25) is 0 Å². The van der Waals surface area contributed by atoms with Gasteiger partial charge in [-0.25, -0.2) is 4.39 Å². The van der Waals surface area contributed by atoms with Gasteiger partial charge in [-0.3, -0.25) is 0 Å². The predicted molar refractivity (Wildman–Crippen MR) is 29.2 cm³/mol. The van der Waals surface area contributed by atoms with Crippen molar-refractivity contribution in [2.45, 2.75) is 25.2 Å². The zero-order valence-corrected chi connectivity index (χ0v) is 5.29. The second-order valence-electron chi connectivity index (χ2n) is 1.94. The first-order valence-electron chi connectivity index (χ1n) is 2.89. The molecule has 0 heterocycles. The Morgan fingerprint density at radius 1 is 1.30 bits per heavy atom. The molecule has 0 saturated carbocycles. The molecule has 0 spiro atoms. The summed E-state index contributed by atoms with van der Waals surface area (Å²) in [6.07, 6.45) is -7.88. The van der Waals surface area contributed by atoms with Crippen LogP contribution in [-0.2, 0) is 0 Å². The zero-order valence-electron chi connectivity index (χ0n) is 5.29. The van der Waals surface area contributed by atoms with Crippen LogP contribution < -0.4 is 5.73 Å². The van der Waals surface area contributed by atoms with Gasteiger partial charge in [0.05, 0.1) is 0 Å². The van der Waals surface area contributed by atoms with Crippen molar-refractivity contribution < 1.29 is 17.6 Å². The Kier molecular flexibility index (Phi) is 3.63. The van der Waals surface area contributed by atoms with Crippen LogP contribution in [0, 0.1) is 0 Å². The number of hydrogen-bond acceptors (Lipinski definition) is 1. The first-order valence-corrected chi connectivity index (χ1v) is 2.89. The molecule has 0 aromatic heterocycles. The molecule has 0 fully saturated rings. The van der Waals surface area contributed by atoms with Crippen LogP contribution in [0.15, 0.2) is 0 Å². The number of hydrogen-bond donors (Lipinski definition) is 1. The number of nitrogens with two attached hydrogens (primary N) is 1. The summed E-state index contributed by atoms with van der Waals surface area (Å²) in [6.45, 7) is 0.0938. The molecule has 62 valence electrons. The highest BCUT2D eigenvalue weighted by molar-refractivity contribution is 4.65. The third-order valence-corrected chi connectivity index (χ3v) is 1.02. The van der Waals surface area contributed by atoms with Gasteiger partial charge in [0.1, 0.15) is 0 Å². The molecule has 1 unspecified atom stereocenters. The summed E-state index contributed by atoms with van der Waals surface area (Å²) in [7, 11) is 0. The quantitative estimate of drug-likeness (QED) is 0.622. The monoisotopic (exact) mass is 159 g/mol. The van der Waals surface area contributed by atoms with Gasteiger partial charge >= 0.3 is 6.18 Å². The summed E-state index contributed by atoms with van der Waals surface area (Å²) >= 11 is 0. The average Bonchev–Trinajstić information content (AvgIpc) is 1.80. The second kappa shape index (κ2) is 3.75. The van der Waals surface area contributed by atoms with Crippen LogP contribution in [-0.4, -0.2) is 18.9 Å². The van der Waals surface area contributed by atoms with Crippen LogP contribution in [0.3, 0.4) is 0 Å². The SMILES string of the molecule is NCCCC(F)C(F)(F)F. The molecule has 1 atom stereocenters. The van der Waals surface area contributed by atoms with E-state index >= 15 is 0 Å². The maximum atomic E-state index is 11.9. The first-order chi connectivity index (χ1) is 4.48. The van der Waals surface area contributed by atoms with E-state index in [0.29, 0.717) is 0 Å². The summed E-state index contributed by atoms with van der Waals surface area (Å²) in [4.78, 5) is 0. The molecule has 0 radical (unpaired) electrons. The second-order valence-corrected chi connectivity index (χ2v) is 1.94. The van der Waals surface area contributed by atoms with Crippen LogP contribution in [0.1, 0.15) is 12.8 Å². The van der Waals surface area contributed by atoms with E-state index in [0.717, 1.165) is 0 Å². The maximum Gasteiger partial charge on any atom is 0.419 e. The minimum Gasteiger partial charge on any atom is -0.330 e. The van der Waals surface area contributed by atoms with E-state index in [-0.39, 0.29) is 13.0 Å². The molecule has 0 aromatic rings. The fraction of sp³-hybridized carbons (Fsp3) is 1.00. The molecule has 0 aromatic carbocycles. The highest BCUT2D eigenvalue weighted by Gasteiger charge is 2.39. The largest absolute Gasteiger partial charge is 0.419 e. The van der Waals surface area contributed by atoms with Gasteiger partial charge in [0, 0.05) is 0 Å². The standard InChI is InChI=1S/C5H9F4N/c6-4(2-1-3-10)5(7,8)9/h4H,1-3,10H2. The van der Waals surface area contributed by atoms with E-state index in [2.05, 4.69) is 0 Å². The highest BCUT2D eigenvalue weighted by Crippen LogP contribution is 2.25. The van der Waals surface area contributed by atoms with E-state index in [4.69, 9.17) is 5.73 Å². The van der Waals surface area contributed by atoms with E-state index in [1.165, 1.54) is 0 Å². The Hall–Kier alpha value is -0.320. The summed E-state index contributed by atoms with van der Waals surface area (Å²) in [5.41, 5.74) is 4.89. The topological polar surface area (TPSA) is 26.0 Å². The Labute approximate surface area is 56.2 Å². The van der Waals surface area contributed by atoms with E-state index in [9.17, 15) is 17.6 Å². The fourth-order valence-corrected chi connectivity index (χ4v) is 0.461. The molecule has 5 heteroatoms. The lowest BCUT2D eigenvalue weighted by Crippen LogP contribution is -2.24. The minimum atomic E-state index is -4.71. The normalized spacial score (nSPS) is 15.3. The molecule has 0 bridgehead atoms. The van der Waals surface area contributed by atoms with Crippen molar-refractivity contribution in [3.63, 3.8) is 0 Å². The van der Waals surface area contributed by atoms with Gasteiger partial charge < -0.3 is 5.73 Å². The summed E-state index contributed by atoms with van der Waals surface area (Å²) < 4.78 is 46.0. The Morgan fingerprint density at radius 2 is 1.80 bits per heavy atom. The summed E-state index contributed by atoms with van der Waals surface area (Å²) in [6, 6.07) is 0. The smallest absolute Gasteiger partial charge is 0.330 e. The van der Waals surface area contributed by atoms with Crippen molar-refractivity contribution in [2.75, 3.05) is 6.54 Å². The number of halogens is 4. The molecule has 0 rings (SSSR count). The fourth-order valence-electron chi connectivity index (χ4n) is 0.461. The van der Waals surface area contributed by atoms with E-state index in [1.807, 2.05) is 0 Å². The molecule has 10 heavy (non-hydrogen) atoms. The molecule has 1 nitrogen and oxygen atoms in total. The van der Waals surface area contributed by atoms with Crippen molar-refractivity contribution in [2.24, 2.45) is 5.73 Å². The predicted octanol–water partition coefficient (Wildman–Crippen LogP) is 1.63. The lowest BCUT2D eigenvalue weighted by molar-refractivity contribution is -0.182. The van der Waals surface area contributed by atoms with Crippen LogP contribution >= 0.6 is 0 Å². The molecule has 0 aliphatic rings. The number of alkyl halides is 4. The van der Waals surface area contributed by atoms with Gasteiger partial charge in [0.25, 0.3) is 0 Å². The highest BCUT2D eigenvalue weighted by atomic mass is 19.4. The van der Waals surface area contributed by atoms with Gasteiger partial charge in [-0.15, -0.1) is 0 Å². The van der Waals surface area contributed by atoms with Crippen LogP contribution in [0.4, 0.5) is 17.6 Å². The molecule has 0 aliphatic carbocycles. The lowest BCUT2D eigenvalue weighted by Gasteiger charge is -2.10. The van der Waals surface area contributed by atoms with E-state index < -0.39 is 18.8 Å². The zero-order chi connectivity index (χ0) is 8.20. The molecular formula is C5H9F4N. The lowest BCUT2D eigenvalue weighted by atomic mass is 10.2. The van der Waals surface area contributed by atoms with Crippen molar-refractivity contribution in [3.8, 4) is 0 Å². The van der Waals surface area contributed by atoms with Gasteiger partial charge in [-0.1, -0.05) is 0 Å². The van der Waals surface area contributed by atoms with Gasteiger partial charge in [-0.2, -0.15) is 13.2 Å². The van der Waals surface area contributed by atoms with Gasteiger partial charge in [0.15, 0.2) is 6.17 Å². The third-order valence-electron chi connectivity index (χ3n) is 1.02. The first kappa shape index (κ1) is 9.68. The molecule has 2 N–H and O–H groups in total. The third kappa shape index (κ3) is 3.66. The molecule has 0 aliphatic heterocycles. The maximum absolute atomic E-state index is 11.9. The van der Waals surface area contributed by atoms with Crippen molar-refractivity contribution in [1.82, 2.24) is 0 Å². The molecular weight excluding hydrogens is 150 g/mol. The summed E-state index contributed by atoms with van der Waals surface area (Å²) in [5, 5.41) is 0. The van der Waals surface area contributed by atoms with Gasteiger partial charge in [-0.05, 0) is 19.4 Å². The van der Waals surface area contributed by atoms with Crippen molar-refractivity contribution in [1.29, 1.82) is 0 Å². The minimum absolute atomic E-state index is 0.0701. The molecule has 0 amide bonds. The number of rotatable bonds is 3. The summed E-state index contributed by atoms with van der Waals surface area (Å²) in [5.74, 6) is 0.